The van der Waals surface area contributed by atoms with Crippen LogP contribution in [0.3, 0.4) is 0 Å². The first-order chi connectivity index (χ1) is 24.7. The number of oxazole rings is 1. The highest BCUT2D eigenvalue weighted by molar-refractivity contribution is 5.87. The van der Waals surface area contributed by atoms with Crippen LogP contribution in [0.2, 0.25) is 0 Å². The van der Waals surface area contributed by atoms with Crippen LogP contribution in [0.25, 0.3) is 23.2 Å². The number of carbonyl (C=O) groups is 2. The van der Waals surface area contributed by atoms with Crippen LogP contribution in [0.4, 0.5) is 13.2 Å². The van der Waals surface area contributed by atoms with E-state index in [2.05, 4.69) is 10.1 Å². The van der Waals surface area contributed by atoms with Crippen LogP contribution in [0.15, 0.2) is 89.5 Å². The van der Waals surface area contributed by atoms with Crippen molar-refractivity contribution in [1.29, 1.82) is 0 Å². The summed E-state index contributed by atoms with van der Waals surface area (Å²) in [5, 5.41) is 4.40. The molecule has 0 atom stereocenters. The number of hydrogen-bond donors (Lipinski definition) is 0. The molecule has 0 N–H and O–H groups in total. The zero-order chi connectivity index (χ0) is 37.5. The average Bonchev–Trinajstić information content (AvgIpc) is 3.71. The summed E-state index contributed by atoms with van der Waals surface area (Å²) in [5.74, 6) is 0.708. The molecule has 0 unspecified atom stereocenters. The summed E-state index contributed by atoms with van der Waals surface area (Å²) in [6, 6.07) is 19.1. The fourth-order valence-electron chi connectivity index (χ4n) is 4.58. The number of esters is 2. The quantitative estimate of drug-likeness (QED) is 0.0670. The number of carbonyl (C=O) groups excluding carboxylic acids is 2. The molecule has 2 aromatic heterocycles. The molecule has 11 nitrogen and oxygen atoms in total. The molecule has 2 heterocycles. The van der Waals surface area contributed by atoms with Crippen LogP contribution in [0.5, 0.6) is 17.4 Å². The Kier molecular flexibility index (Phi) is 11.4. The van der Waals surface area contributed by atoms with E-state index < -0.39 is 35.9 Å². The van der Waals surface area contributed by atoms with E-state index in [0.29, 0.717) is 45.7 Å². The highest BCUT2D eigenvalue weighted by atomic mass is 19.4. The minimum absolute atomic E-state index is 0.00244. The summed E-state index contributed by atoms with van der Waals surface area (Å²) in [6.45, 7) is 6.34. The Labute approximate surface area is 297 Å². The zero-order valence-corrected chi connectivity index (χ0v) is 29.0. The van der Waals surface area contributed by atoms with Gasteiger partial charge in [0.1, 0.15) is 24.7 Å². The van der Waals surface area contributed by atoms with Crippen molar-refractivity contribution in [1.82, 2.24) is 14.8 Å². The number of benzene rings is 3. The van der Waals surface area contributed by atoms with E-state index in [1.807, 2.05) is 37.3 Å². The lowest BCUT2D eigenvalue weighted by atomic mass is 9.98. The normalized spacial score (nSPS) is 11.8. The molecule has 0 aliphatic carbocycles. The van der Waals surface area contributed by atoms with Gasteiger partial charge in [-0.25, -0.2) is 14.5 Å². The molecule has 5 rings (SSSR count). The van der Waals surface area contributed by atoms with E-state index in [4.69, 9.17) is 28.1 Å². The molecule has 0 saturated heterocycles. The smallest absolute Gasteiger partial charge is 0.416 e. The molecule has 0 aliphatic heterocycles. The first-order valence-corrected chi connectivity index (χ1v) is 15.9. The van der Waals surface area contributed by atoms with Crippen LogP contribution in [-0.4, -0.2) is 40.6 Å². The van der Waals surface area contributed by atoms with Gasteiger partial charge in [0.2, 0.25) is 18.6 Å². The predicted octanol–water partition coefficient (Wildman–Crippen LogP) is 8.12. The van der Waals surface area contributed by atoms with Gasteiger partial charge in [0.25, 0.3) is 0 Å². The average molecular weight is 720 g/mol. The second kappa shape index (κ2) is 15.9. The van der Waals surface area contributed by atoms with Gasteiger partial charge in [-0.2, -0.15) is 13.2 Å². The molecule has 0 saturated carbocycles. The number of halogens is 3. The Bertz CT molecular complexity index is 2030. The fourth-order valence-corrected chi connectivity index (χ4v) is 4.58. The lowest BCUT2D eigenvalue weighted by molar-refractivity contribution is -0.170. The van der Waals surface area contributed by atoms with Crippen molar-refractivity contribution < 1.29 is 50.9 Å². The maximum atomic E-state index is 13.1. The highest BCUT2D eigenvalue weighted by Gasteiger charge is 2.30. The molecule has 3 aromatic carbocycles. The maximum Gasteiger partial charge on any atom is 0.416 e. The molecule has 272 valence electrons. The number of methoxy groups -OCH3 is 1. The number of aromatic nitrogens is 3. The summed E-state index contributed by atoms with van der Waals surface area (Å²) in [6.07, 6.45) is -0.577. The Balaban J connectivity index is 1.29. The molecular weight excluding hydrogens is 683 g/mol. The minimum Gasteiger partial charge on any atom is -0.493 e. The fraction of sp³-hybridized carbons (Fsp3) is 0.263. The first kappa shape index (κ1) is 37.2. The summed E-state index contributed by atoms with van der Waals surface area (Å²) < 4.78 is 74.1. The van der Waals surface area contributed by atoms with Crippen molar-refractivity contribution in [2.24, 2.45) is 5.41 Å². The summed E-state index contributed by atoms with van der Waals surface area (Å²) in [5.41, 5.74) is 1.19. The third-order valence-electron chi connectivity index (χ3n) is 7.45. The summed E-state index contributed by atoms with van der Waals surface area (Å²) in [4.78, 5) is 28.9. The van der Waals surface area contributed by atoms with Crippen molar-refractivity contribution in [3.05, 3.63) is 113 Å². The van der Waals surface area contributed by atoms with Gasteiger partial charge in [-0.1, -0.05) is 24.3 Å². The Morgan fingerprint density at radius 2 is 1.63 bits per heavy atom. The van der Waals surface area contributed by atoms with Crippen molar-refractivity contribution in [2.75, 3.05) is 13.9 Å². The number of rotatable bonds is 13. The van der Waals surface area contributed by atoms with E-state index in [-0.39, 0.29) is 19.1 Å². The maximum absolute atomic E-state index is 13.1. The Hall–Kier alpha value is -6.05. The first-order valence-electron chi connectivity index (χ1n) is 15.9. The second-order valence-corrected chi connectivity index (χ2v) is 12.4. The molecular formula is C38H36F3N3O8. The van der Waals surface area contributed by atoms with Gasteiger partial charge < -0.3 is 28.1 Å². The third-order valence-corrected chi connectivity index (χ3v) is 7.45. The second-order valence-electron chi connectivity index (χ2n) is 12.4. The number of alkyl halides is 3. The van der Waals surface area contributed by atoms with Crippen LogP contribution >= 0.6 is 0 Å². The van der Waals surface area contributed by atoms with Crippen LogP contribution in [0, 0.1) is 12.3 Å². The predicted molar refractivity (Wildman–Crippen MR) is 182 cm³/mol. The van der Waals surface area contributed by atoms with Crippen molar-refractivity contribution in [2.45, 2.75) is 47.1 Å². The summed E-state index contributed by atoms with van der Waals surface area (Å²) >= 11 is 0. The topological polar surface area (TPSA) is 124 Å². The van der Waals surface area contributed by atoms with Crippen LogP contribution in [0.1, 0.15) is 48.9 Å². The van der Waals surface area contributed by atoms with Crippen molar-refractivity contribution in [3.63, 3.8) is 0 Å². The Morgan fingerprint density at radius 3 is 2.31 bits per heavy atom. The van der Waals surface area contributed by atoms with Gasteiger partial charge in [-0.15, -0.1) is 5.10 Å². The highest BCUT2D eigenvalue weighted by Crippen LogP contribution is 2.32. The lowest BCUT2D eigenvalue weighted by Crippen LogP contribution is -2.24. The molecule has 0 fully saturated rings. The zero-order valence-electron chi connectivity index (χ0n) is 29.0. The van der Waals surface area contributed by atoms with Gasteiger partial charge in [0.05, 0.1) is 29.3 Å². The molecule has 5 aromatic rings. The van der Waals surface area contributed by atoms with E-state index in [9.17, 15) is 22.8 Å². The van der Waals surface area contributed by atoms with Crippen molar-refractivity contribution in [3.8, 4) is 34.5 Å². The van der Waals surface area contributed by atoms with Gasteiger partial charge in [-0.3, -0.25) is 4.79 Å². The molecule has 0 aliphatic rings. The van der Waals surface area contributed by atoms with Gasteiger partial charge in [0.15, 0.2) is 11.5 Å². The number of nitrogens with zero attached hydrogens (tertiary/aromatic N) is 3. The van der Waals surface area contributed by atoms with Crippen molar-refractivity contribution >= 4 is 18.0 Å². The van der Waals surface area contributed by atoms with E-state index in [0.717, 1.165) is 23.8 Å². The van der Waals surface area contributed by atoms with E-state index in [1.165, 1.54) is 36.2 Å². The van der Waals surface area contributed by atoms with E-state index in [1.54, 1.807) is 39.0 Å². The number of hydrogen-bond acceptors (Lipinski definition) is 10. The molecule has 0 radical (unpaired) electrons. The SMILES string of the molecule is COc1cc(COc2nn(-c3ccc(C(F)(F)F)cc3)cc2C=CC(=O)OCOC(=O)C(C)(C)C)ccc1OCc1nc(-c2ccccc2)oc1C. The summed E-state index contributed by atoms with van der Waals surface area (Å²) in [7, 11) is 1.50. The molecule has 0 amide bonds. The van der Waals surface area contributed by atoms with Crippen LogP contribution < -0.4 is 14.2 Å². The number of ether oxygens (including phenoxy) is 5. The monoisotopic (exact) mass is 719 g/mol. The largest absolute Gasteiger partial charge is 0.493 e. The van der Waals surface area contributed by atoms with Gasteiger partial charge in [-0.05, 0) is 87.9 Å². The molecule has 0 spiro atoms. The molecule has 14 heteroatoms. The lowest BCUT2D eigenvalue weighted by Gasteiger charge is -2.15. The van der Waals surface area contributed by atoms with Crippen LogP contribution in [-0.2, 0) is 38.5 Å². The number of aryl methyl sites for hydroxylation is 1. The van der Waals surface area contributed by atoms with Gasteiger partial charge in [0, 0.05) is 17.8 Å². The van der Waals surface area contributed by atoms with E-state index >= 15 is 0 Å². The molecule has 0 bridgehead atoms. The third kappa shape index (κ3) is 9.59. The minimum atomic E-state index is -4.50. The Morgan fingerprint density at radius 1 is 0.904 bits per heavy atom. The standard InChI is InChI=1S/C38H36F3N3O8/c1-24-30(42-34(52-24)26-9-7-6-8-10-26)22-48-31-17-11-25(19-32(31)47-5)21-49-35-27(12-18-33(45)50-23-51-36(46)37(2,3)4)20-44(43-35)29-15-13-28(14-16-29)38(39,40)41/h6-20H,21-23H2,1-5H3. The van der Waals surface area contributed by atoms with Gasteiger partial charge >= 0.3 is 18.1 Å². The molecule has 52 heavy (non-hydrogen) atoms.